The van der Waals surface area contributed by atoms with Crippen molar-refractivity contribution in [2.45, 2.75) is 11.6 Å². The molecular weight excluding hydrogens is 467 g/mol. The lowest BCUT2D eigenvalue weighted by Crippen LogP contribution is -2.53. The van der Waals surface area contributed by atoms with Gasteiger partial charge in [-0.15, -0.1) is 0 Å². The number of nitrogens with one attached hydrogen (secondary N) is 1. The van der Waals surface area contributed by atoms with Gasteiger partial charge in [0.1, 0.15) is 5.82 Å². The number of methoxy groups -OCH3 is 2. The molecule has 0 spiro atoms. The van der Waals surface area contributed by atoms with Gasteiger partial charge in [-0.1, -0.05) is 48.5 Å². The third-order valence-electron chi connectivity index (χ3n) is 6.95. The smallest absolute Gasteiger partial charge is 0.331 e. The van der Waals surface area contributed by atoms with Crippen LogP contribution >= 0.6 is 0 Å². The molecule has 0 aliphatic carbocycles. The predicted molar refractivity (Wildman–Crippen MR) is 127 cm³/mol. The van der Waals surface area contributed by atoms with Crippen molar-refractivity contribution in [1.82, 2.24) is 5.32 Å². The summed E-state index contributed by atoms with van der Waals surface area (Å²) in [5.41, 5.74) is -0.992. The molecule has 2 heterocycles. The number of benzene rings is 3. The summed E-state index contributed by atoms with van der Waals surface area (Å²) in [5, 5.41) is 13.3. The summed E-state index contributed by atoms with van der Waals surface area (Å²) in [4.78, 5) is 42.1. The number of carbonyl (C=O) groups excluding carboxylic acids is 3. The van der Waals surface area contributed by atoms with Crippen molar-refractivity contribution >= 4 is 23.5 Å². The second kappa shape index (κ2) is 8.76. The van der Waals surface area contributed by atoms with Gasteiger partial charge in [-0.25, -0.2) is 14.1 Å². The highest BCUT2D eigenvalue weighted by molar-refractivity contribution is 6.24. The first-order valence-corrected chi connectivity index (χ1v) is 11.3. The van der Waals surface area contributed by atoms with Crippen LogP contribution in [0, 0.1) is 17.7 Å². The van der Waals surface area contributed by atoms with E-state index >= 15 is 0 Å². The molecule has 0 aromatic heterocycles. The summed E-state index contributed by atoms with van der Waals surface area (Å²) >= 11 is 0. The molecule has 3 aromatic carbocycles. The lowest BCUT2D eigenvalue weighted by atomic mass is 9.75. The lowest BCUT2D eigenvalue weighted by Gasteiger charge is -2.33. The van der Waals surface area contributed by atoms with Crippen molar-refractivity contribution in [1.29, 1.82) is 0 Å². The van der Waals surface area contributed by atoms with Crippen molar-refractivity contribution in [3.05, 3.63) is 89.7 Å². The van der Waals surface area contributed by atoms with E-state index in [0.717, 1.165) is 11.0 Å². The van der Waals surface area contributed by atoms with E-state index < -0.39 is 47.0 Å². The fourth-order valence-electron chi connectivity index (χ4n) is 5.38. The number of imide groups is 1. The van der Waals surface area contributed by atoms with E-state index in [1.807, 2.05) is 0 Å². The number of ether oxygens (including phenoxy) is 2. The van der Waals surface area contributed by atoms with E-state index in [1.165, 1.54) is 44.6 Å². The molecule has 184 valence electrons. The normalized spacial score (nSPS) is 25.1. The standard InChI is InChI=1S/C27H23FN2O6/c1-35-20-14-15(12-13-19(20)31)23-21-22(25(33)30(24(21)32)18-11-7-6-10-17(18)28)27(29-23,26(34)36-2)16-8-4-3-5-9-16/h3-14,21-23,29,31H,1-2H3/t21-,22+,23+,27+/m0/s1. The van der Waals surface area contributed by atoms with Gasteiger partial charge in [0, 0.05) is 6.04 Å². The molecular formula is C27H23FN2O6. The van der Waals surface area contributed by atoms with Gasteiger partial charge in [-0.3, -0.25) is 14.9 Å². The van der Waals surface area contributed by atoms with Gasteiger partial charge >= 0.3 is 5.97 Å². The predicted octanol–water partition coefficient (Wildman–Crippen LogP) is 3.06. The van der Waals surface area contributed by atoms with Crippen LogP contribution in [-0.2, 0) is 24.7 Å². The Morgan fingerprint density at radius 1 is 1.00 bits per heavy atom. The minimum atomic E-state index is -1.73. The average Bonchev–Trinajstić information content (AvgIpc) is 3.39. The van der Waals surface area contributed by atoms with E-state index in [2.05, 4.69) is 5.32 Å². The van der Waals surface area contributed by atoms with E-state index in [0.29, 0.717) is 11.1 Å². The molecule has 0 radical (unpaired) electrons. The fourth-order valence-corrected chi connectivity index (χ4v) is 5.38. The van der Waals surface area contributed by atoms with E-state index in [1.54, 1.807) is 36.4 Å². The van der Waals surface area contributed by atoms with Crippen LogP contribution in [0.1, 0.15) is 17.2 Å². The number of carbonyl (C=O) groups is 3. The molecule has 2 saturated heterocycles. The molecule has 0 unspecified atom stereocenters. The number of phenols is 1. The Hall–Kier alpha value is -4.24. The Morgan fingerprint density at radius 2 is 1.69 bits per heavy atom. The van der Waals surface area contributed by atoms with Crippen molar-refractivity contribution in [2.75, 3.05) is 19.1 Å². The Morgan fingerprint density at radius 3 is 2.36 bits per heavy atom. The van der Waals surface area contributed by atoms with Gasteiger partial charge in [-0.2, -0.15) is 0 Å². The lowest BCUT2D eigenvalue weighted by molar-refractivity contribution is -0.152. The second-order valence-electron chi connectivity index (χ2n) is 8.69. The van der Waals surface area contributed by atoms with Gasteiger partial charge in [0.25, 0.3) is 0 Å². The first kappa shape index (κ1) is 23.5. The third-order valence-corrected chi connectivity index (χ3v) is 6.95. The minimum Gasteiger partial charge on any atom is -0.504 e. The number of esters is 1. The zero-order valence-electron chi connectivity index (χ0n) is 19.5. The first-order valence-electron chi connectivity index (χ1n) is 11.3. The molecule has 2 fully saturated rings. The Bertz CT molecular complexity index is 1360. The largest absolute Gasteiger partial charge is 0.504 e. The molecule has 2 aliphatic heterocycles. The summed E-state index contributed by atoms with van der Waals surface area (Å²) in [7, 11) is 2.59. The first-order chi connectivity index (χ1) is 17.3. The van der Waals surface area contributed by atoms with Crippen LogP contribution in [0.25, 0.3) is 0 Å². The topological polar surface area (TPSA) is 105 Å². The third kappa shape index (κ3) is 3.27. The fraction of sp³-hybridized carbons (Fsp3) is 0.222. The Labute approximate surface area is 206 Å². The summed E-state index contributed by atoms with van der Waals surface area (Å²) in [6, 6.07) is 17.7. The maximum Gasteiger partial charge on any atom is 0.331 e. The highest BCUT2D eigenvalue weighted by Crippen LogP contribution is 2.54. The maximum atomic E-state index is 14.8. The molecule has 2 N–H and O–H groups in total. The maximum absolute atomic E-state index is 14.8. The number of rotatable bonds is 5. The molecule has 2 amide bonds. The minimum absolute atomic E-state index is 0.111. The van der Waals surface area contributed by atoms with Crippen molar-refractivity contribution < 1.29 is 33.4 Å². The molecule has 0 bridgehead atoms. The molecule has 9 heteroatoms. The highest BCUT2D eigenvalue weighted by atomic mass is 19.1. The number of hydrogen-bond acceptors (Lipinski definition) is 7. The number of nitrogens with zero attached hydrogens (tertiary/aromatic N) is 1. The highest BCUT2D eigenvalue weighted by Gasteiger charge is 2.70. The summed E-state index contributed by atoms with van der Waals surface area (Å²) in [6.45, 7) is 0. The van der Waals surface area contributed by atoms with Crippen LogP contribution in [-0.4, -0.2) is 37.1 Å². The number of halogens is 1. The van der Waals surface area contributed by atoms with Crippen LogP contribution in [0.2, 0.25) is 0 Å². The summed E-state index contributed by atoms with van der Waals surface area (Å²) < 4.78 is 25.2. The second-order valence-corrected chi connectivity index (χ2v) is 8.69. The number of phenolic OH excluding ortho intramolecular Hbond substituents is 1. The van der Waals surface area contributed by atoms with Crippen LogP contribution in [0.4, 0.5) is 10.1 Å². The summed E-state index contributed by atoms with van der Waals surface area (Å²) in [5.74, 6) is -5.13. The molecule has 8 nitrogen and oxygen atoms in total. The molecule has 5 rings (SSSR count). The van der Waals surface area contributed by atoms with Crippen molar-refractivity contribution in [3.63, 3.8) is 0 Å². The molecule has 3 aromatic rings. The van der Waals surface area contributed by atoms with Crippen molar-refractivity contribution in [3.8, 4) is 11.5 Å². The van der Waals surface area contributed by atoms with Gasteiger partial charge in [0.2, 0.25) is 11.8 Å². The van der Waals surface area contributed by atoms with Gasteiger partial charge in [-0.05, 0) is 35.4 Å². The number of aromatic hydroxyl groups is 1. The Balaban J connectivity index is 1.75. The number of hydrogen-bond donors (Lipinski definition) is 2. The van der Waals surface area contributed by atoms with Crippen LogP contribution in [0.3, 0.4) is 0 Å². The quantitative estimate of drug-likeness (QED) is 0.418. The van der Waals surface area contributed by atoms with Crippen LogP contribution in [0.15, 0.2) is 72.8 Å². The summed E-state index contributed by atoms with van der Waals surface area (Å²) in [6.07, 6.45) is 0. The zero-order chi connectivity index (χ0) is 25.6. The van der Waals surface area contributed by atoms with Gasteiger partial charge < -0.3 is 14.6 Å². The number of amides is 2. The molecule has 36 heavy (non-hydrogen) atoms. The average molecular weight is 490 g/mol. The van der Waals surface area contributed by atoms with Crippen LogP contribution < -0.4 is 15.0 Å². The van der Waals surface area contributed by atoms with Gasteiger partial charge in [0.15, 0.2) is 17.0 Å². The van der Waals surface area contributed by atoms with Gasteiger partial charge in [0.05, 0.1) is 31.7 Å². The van der Waals surface area contributed by atoms with Crippen LogP contribution in [0.5, 0.6) is 11.5 Å². The zero-order valence-corrected chi connectivity index (χ0v) is 19.5. The molecule has 2 aliphatic rings. The SMILES string of the molecule is COC(=O)[C@]1(c2ccccc2)N[C@H](c2ccc(O)c(OC)c2)[C@H]2C(=O)N(c3ccccc3F)C(=O)[C@@H]21. The Kier molecular flexibility index (Phi) is 5.72. The number of para-hydroxylation sites is 1. The number of anilines is 1. The monoisotopic (exact) mass is 490 g/mol. The van der Waals surface area contributed by atoms with E-state index in [-0.39, 0.29) is 17.2 Å². The van der Waals surface area contributed by atoms with Crippen molar-refractivity contribution in [2.24, 2.45) is 11.8 Å². The van der Waals surface area contributed by atoms with E-state index in [9.17, 15) is 23.9 Å². The number of fused-ring (bicyclic) bond motifs is 1. The molecule has 4 atom stereocenters. The molecule has 0 saturated carbocycles. The van der Waals surface area contributed by atoms with E-state index in [4.69, 9.17) is 9.47 Å².